The topological polar surface area (TPSA) is 61.9 Å². The summed E-state index contributed by atoms with van der Waals surface area (Å²) in [5.74, 6) is 0.272. The van der Waals surface area contributed by atoms with Gasteiger partial charge in [-0.15, -0.1) is 0 Å². The summed E-state index contributed by atoms with van der Waals surface area (Å²) in [6, 6.07) is 8.15. The molecule has 92 valence electrons. The minimum Gasteiger partial charge on any atom is -0.361 e. The molecule has 0 radical (unpaired) electrons. The Kier molecular flexibility index (Phi) is 3.70. The second-order valence-electron chi connectivity index (χ2n) is 3.96. The smallest absolute Gasteiger partial charge is 0.140 e. The minimum atomic E-state index is -0.492. The monoisotopic (exact) mass is 245 g/mol. The van der Waals surface area contributed by atoms with Crippen LogP contribution in [-0.2, 0) is 13.1 Å². The Balaban J connectivity index is 1.93. The van der Waals surface area contributed by atoms with Gasteiger partial charge in [-0.3, -0.25) is 0 Å². The molecule has 18 heavy (non-hydrogen) atoms. The summed E-state index contributed by atoms with van der Waals surface area (Å²) in [5.41, 5.74) is 1.73. The molecule has 0 atom stereocenters. The van der Waals surface area contributed by atoms with Crippen molar-refractivity contribution >= 4 is 0 Å². The molecule has 0 aliphatic heterocycles. The highest BCUT2D eigenvalue weighted by atomic mass is 19.1. The van der Waals surface area contributed by atoms with Gasteiger partial charge in [0.2, 0.25) is 0 Å². The van der Waals surface area contributed by atoms with Crippen LogP contribution in [0.15, 0.2) is 28.8 Å². The molecule has 0 spiro atoms. The first-order valence-electron chi connectivity index (χ1n) is 5.50. The molecule has 1 heterocycles. The molecule has 0 amide bonds. The zero-order chi connectivity index (χ0) is 13.0. The molecule has 1 aromatic heterocycles. The lowest BCUT2D eigenvalue weighted by molar-refractivity contribution is 0.388. The van der Waals surface area contributed by atoms with Crippen LogP contribution in [0.1, 0.15) is 22.6 Å². The average molecular weight is 245 g/mol. The standard InChI is InChI=1S/C13H12FN3O/c1-9-4-12(17-18-9)8-16-7-10-2-3-13(14)11(5-10)6-15/h2-5,16H,7-8H2,1H3. The number of nitriles is 1. The molecule has 0 aliphatic carbocycles. The summed E-state index contributed by atoms with van der Waals surface area (Å²) in [6.07, 6.45) is 0. The van der Waals surface area contributed by atoms with E-state index in [9.17, 15) is 4.39 Å². The van der Waals surface area contributed by atoms with Crippen molar-refractivity contribution in [3.05, 3.63) is 52.7 Å². The van der Waals surface area contributed by atoms with Gasteiger partial charge in [0.25, 0.3) is 0 Å². The molecule has 2 rings (SSSR count). The van der Waals surface area contributed by atoms with E-state index in [0.717, 1.165) is 17.0 Å². The van der Waals surface area contributed by atoms with Crippen LogP contribution in [-0.4, -0.2) is 5.16 Å². The van der Waals surface area contributed by atoms with Gasteiger partial charge < -0.3 is 9.84 Å². The Morgan fingerprint density at radius 2 is 2.22 bits per heavy atom. The third-order valence-corrected chi connectivity index (χ3v) is 2.46. The van der Waals surface area contributed by atoms with Gasteiger partial charge in [0.15, 0.2) is 0 Å². The number of halogens is 1. The lowest BCUT2D eigenvalue weighted by Crippen LogP contribution is -2.13. The van der Waals surface area contributed by atoms with Crippen molar-refractivity contribution in [1.82, 2.24) is 10.5 Å². The van der Waals surface area contributed by atoms with Crippen LogP contribution in [0.3, 0.4) is 0 Å². The average Bonchev–Trinajstić information content (AvgIpc) is 2.77. The molecule has 0 bridgehead atoms. The van der Waals surface area contributed by atoms with Crippen molar-refractivity contribution < 1.29 is 8.91 Å². The van der Waals surface area contributed by atoms with E-state index in [1.54, 1.807) is 6.07 Å². The molecule has 0 fully saturated rings. The highest BCUT2D eigenvalue weighted by Gasteiger charge is 2.03. The first-order chi connectivity index (χ1) is 8.69. The largest absolute Gasteiger partial charge is 0.361 e. The molecule has 2 aromatic rings. The Morgan fingerprint density at radius 1 is 1.39 bits per heavy atom. The molecule has 0 saturated carbocycles. The number of benzene rings is 1. The highest BCUT2D eigenvalue weighted by molar-refractivity contribution is 5.34. The van der Waals surface area contributed by atoms with E-state index in [1.807, 2.05) is 19.1 Å². The van der Waals surface area contributed by atoms with Crippen LogP contribution in [0.2, 0.25) is 0 Å². The maximum atomic E-state index is 13.1. The zero-order valence-electron chi connectivity index (χ0n) is 9.90. The number of nitrogens with zero attached hydrogens (tertiary/aromatic N) is 2. The van der Waals surface area contributed by atoms with E-state index in [2.05, 4.69) is 10.5 Å². The summed E-state index contributed by atoms with van der Waals surface area (Å²) in [7, 11) is 0. The molecular formula is C13H12FN3O. The molecule has 1 aromatic carbocycles. The second-order valence-corrected chi connectivity index (χ2v) is 3.96. The van der Waals surface area contributed by atoms with Crippen LogP contribution >= 0.6 is 0 Å². The van der Waals surface area contributed by atoms with E-state index in [4.69, 9.17) is 9.78 Å². The van der Waals surface area contributed by atoms with Gasteiger partial charge in [-0.2, -0.15) is 5.26 Å². The Morgan fingerprint density at radius 3 is 2.89 bits per heavy atom. The van der Waals surface area contributed by atoms with Gasteiger partial charge in [-0.25, -0.2) is 4.39 Å². The number of aryl methyl sites for hydroxylation is 1. The third-order valence-electron chi connectivity index (χ3n) is 2.46. The number of rotatable bonds is 4. The molecule has 4 nitrogen and oxygen atoms in total. The van der Waals surface area contributed by atoms with Crippen LogP contribution < -0.4 is 5.32 Å². The molecule has 0 unspecified atom stereocenters. The molecule has 0 saturated heterocycles. The summed E-state index contributed by atoms with van der Waals surface area (Å²) >= 11 is 0. The lowest BCUT2D eigenvalue weighted by Gasteiger charge is -2.03. The van der Waals surface area contributed by atoms with E-state index >= 15 is 0 Å². The Labute approximate surface area is 104 Å². The third kappa shape index (κ3) is 2.93. The summed E-state index contributed by atoms with van der Waals surface area (Å²) in [4.78, 5) is 0. The van der Waals surface area contributed by atoms with Crippen LogP contribution in [0.4, 0.5) is 4.39 Å². The van der Waals surface area contributed by atoms with E-state index in [0.29, 0.717) is 13.1 Å². The van der Waals surface area contributed by atoms with Gasteiger partial charge >= 0.3 is 0 Å². The van der Waals surface area contributed by atoms with Crippen molar-refractivity contribution in [2.75, 3.05) is 0 Å². The Hall–Kier alpha value is -2.19. The number of aromatic nitrogens is 1. The van der Waals surface area contributed by atoms with Crippen molar-refractivity contribution in [3.8, 4) is 6.07 Å². The van der Waals surface area contributed by atoms with Gasteiger partial charge in [0.1, 0.15) is 17.6 Å². The van der Waals surface area contributed by atoms with Gasteiger partial charge in [0.05, 0.1) is 11.3 Å². The Bertz CT molecular complexity index is 586. The van der Waals surface area contributed by atoms with Gasteiger partial charge in [-0.05, 0) is 24.6 Å². The first kappa shape index (κ1) is 12.3. The maximum Gasteiger partial charge on any atom is 0.140 e. The zero-order valence-corrected chi connectivity index (χ0v) is 9.90. The summed E-state index contributed by atoms with van der Waals surface area (Å²) in [5, 5.41) is 15.7. The van der Waals surface area contributed by atoms with E-state index < -0.39 is 5.82 Å². The maximum absolute atomic E-state index is 13.1. The van der Waals surface area contributed by atoms with Crippen molar-refractivity contribution in [2.24, 2.45) is 0 Å². The van der Waals surface area contributed by atoms with Gasteiger partial charge in [0, 0.05) is 19.2 Å². The first-order valence-corrected chi connectivity index (χ1v) is 5.50. The predicted molar refractivity (Wildman–Crippen MR) is 62.9 cm³/mol. The molecule has 1 N–H and O–H groups in total. The van der Waals surface area contributed by atoms with Gasteiger partial charge in [-0.1, -0.05) is 11.2 Å². The van der Waals surface area contributed by atoms with Crippen LogP contribution in [0, 0.1) is 24.1 Å². The minimum absolute atomic E-state index is 0.0616. The van der Waals surface area contributed by atoms with E-state index in [1.165, 1.54) is 12.1 Å². The molecule has 5 heteroatoms. The number of hydrogen-bond donors (Lipinski definition) is 1. The summed E-state index contributed by atoms with van der Waals surface area (Å²) < 4.78 is 18.0. The van der Waals surface area contributed by atoms with Crippen molar-refractivity contribution in [1.29, 1.82) is 5.26 Å². The second kappa shape index (κ2) is 5.43. The predicted octanol–water partition coefficient (Wildman–Crippen LogP) is 2.28. The van der Waals surface area contributed by atoms with Crippen molar-refractivity contribution in [2.45, 2.75) is 20.0 Å². The normalized spacial score (nSPS) is 10.3. The quantitative estimate of drug-likeness (QED) is 0.897. The lowest BCUT2D eigenvalue weighted by atomic mass is 10.1. The highest BCUT2D eigenvalue weighted by Crippen LogP contribution is 2.09. The number of nitrogens with one attached hydrogen (secondary N) is 1. The fraction of sp³-hybridized carbons (Fsp3) is 0.231. The SMILES string of the molecule is Cc1cc(CNCc2ccc(F)c(C#N)c2)no1. The summed E-state index contributed by atoms with van der Waals surface area (Å²) in [6.45, 7) is 2.94. The van der Waals surface area contributed by atoms with Crippen LogP contribution in [0.25, 0.3) is 0 Å². The van der Waals surface area contributed by atoms with E-state index in [-0.39, 0.29) is 5.56 Å². The number of hydrogen-bond acceptors (Lipinski definition) is 4. The molecular weight excluding hydrogens is 233 g/mol. The van der Waals surface area contributed by atoms with Crippen LogP contribution in [0.5, 0.6) is 0 Å². The fourth-order valence-corrected chi connectivity index (χ4v) is 1.60. The van der Waals surface area contributed by atoms with Crippen molar-refractivity contribution in [3.63, 3.8) is 0 Å². The molecule has 0 aliphatic rings. The fourth-order valence-electron chi connectivity index (χ4n) is 1.60.